The third-order valence-corrected chi connectivity index (χ3v) is 4.85. The third-order valence-electron chi connectivity index (χ3n) is 4.62. The molecule has 0 saturated carbocycles. The van der Waals surface area contributed by atoms with E-state index in [0.717, 1.165) is 49.9 Å². The quantitative estimate of drug-likeness (QED) is 0.800. The van der Waals surface area contributed by atoms with Gasteiger partial charge in [0.15, 0.2) is 0 Å². The molecule has 0 radical (unpaired) electrons. The van der Waals surface area contributed by atoms with Gasteiger partial charge in [0, 0.05) is 50.6 Å². The molecule has 6 nitrogen and oxygen atoms in total. The van der Waals surface area contributed by atoms with E-state index in [4.69, 9.17) is 16.7 Å². The number of nitrogens with zero attached hydrogens (tertiary/aromatic N) is 4. The van der Waals surface area contributed by atoms with Crippen molar-refractivity contribution in [1.29, 1.82) is 0 Å². The molecule has 1 aliphatic heterocycles. The Bertz CT molecular complexity index is 726. The lowest BCUT2D eigenvalue weighted by Gasteiger charge is -2.34. The average molecular weight is 377 g/mol. The first-order valence-corrected chi connectivity index (χ1v) is 9.38. The van der Waals surface area contributed by atoms with Gasteiger partial charge in [-0.3, -0.25) is 9.69 Å². The van der Waals surface area contributed by atoms with Crippen LogP contribution in [0.5, 0.6) is 0 Å². The summed E-state index contributed by atoms with van der Waals surface area (Å²) in [6.07, 6.45) is 5.02. The van der Waals surface area contributed by atoms with Crippen LogP contribution in [-0.4, -0.2) is 63.2 Å². The van der Waals surface area contributed by atoms with Crippen LogP contribution in [0.2, 0.25) is 5.02 Å². The SMILES string of the molecule is O=C(Cn1cnc(CCCO)c1)N1CCN(Cc2cccc(Cl)c2)CC1. The Kier molecular flexibility index (Phi) is 6.66. The molecule has 0 bridgehead atoms. The second kappa shape index (κ2) is 9.16. The summed E-state index contributed by atoms with van der Waals surface area (Å²) < 4.78 is 1.83. The third kappa shape index (κ3) is 5.30. The minimum Gasteiger partial charge on any atom is -0.396 e. The number of carbonyl (C=O) groups is 1. The van der Waals surface area contributed by atoms with E-state index in [0.29, 0.717) is 13.0 Å². The number of aliphatic hydroxyl groups excluding tert-OH is 1. The summed E-state index contributed by atoms with van der Waals surface area (Å²) in [5, 5.41) is 9.63. The average Bonchev–Trinajstić information content (AvgIpc) is 3.08. The summed E-state index contributed by atoms with van der Waals surface area (Å²) in [5.41, 5.74) is 2.12. The lowest BCUT2D eigenvalue weighted by atomic mass is 10.2. The number of piperazine rings is 1. The number of halogens is 1. The van der Waals surface area contributed by atoms with Crippen LogP contribution >= 0.6 is 11.6 Å². The van der Waals surface area contributed by atoms with Gasteiger partial charge < -0.3 is 14.6 Å². The largest absolute Gasteiger partial charge is 0.396 e. The van der Waals surface area contributed by atoms with Gasteiger partial charge >= 0.3 is 0 Å². The number of rotatable bonds is 7. The minimum atomic E-state index is 0.124. The molecule has 26 heavy (non-hydrogen) atoms. The highest BCUT2D eigenvalue weighted by Gasteiger charge is 2.21. The van der Waals surface area contributed by atoms with E-state index in [9.17, 15) is 4.79 Å². The Hall–Kier alpha value is -1.89. The van der Waals surface area contributed by atoms with E-state index >= 15 is 0 Å². The normalized spacial score (nSPS) is 15.4. The van der Waals surface area contributed by atoms with Crippen molar-refractivity contribution >= 4 is 17.5 Å². The predicted molar refractivity (Wildman–Crippen MR) is 101 cm³/mol. The van der Waals surface area contributed by atoms with Crippen LogP contribution in [0.15, 0.2) is 36.8 Å². The van der Waals surface area contributed by atoms with Gasteiger partial charge in [0.25, 0.3) is 0 Å². The zero-order chi connectivity index (χ0) is 18.4. The molecule has 0 unspecified atom stereocenters. The highest BCUT2D eigenvalue weighted by atomic mass is 35.5. The number of hydrogen-bond donors (Lipinski definition) is 1. The molecule has 7 heteroatoms. The summed E-state index contributed by atoms with van der Waals surface area (Å²) in [5.74, 6) is 0.124. The fourth-order valence-electron chi connectivity index (χ4n) is 3.19. The smallest absolute Gasteiger partial charge is 0.242 e. The van der Waals surface area contributed by atoms with Crippen LogP contribution in [0, 0.1) is 0 Å². The topological polar surface area (TPSA) is 61.6 Å². The fraction of sp³-hybridized carbons (Fsp3) is 0.474. The second-order valence-electron chi connectivity index (χ2n) is 6.65. The molecule has 0 spiro atoms. The van der Waals surface area contributed by atoms with Crippen molar-refractivity contribution in [3.63, 3.8) is 0 Å². The maximum absolute atomic E-state index is 12.5. The highest BCUT2D eigenvalue weighted by Crippen LogP contribution is 2.14. The first kappa shape index (κ1) is 18.9. The number of hydrogen-bond acceptors (Lipinski definition) is 4. The monoisotopic (exact) mass is 376 g/mol. The fourth-order valence-corrected chi connectivity index (χ4v) is 3.40. The molecular formula is C19H25ClN4O2. The molecule has 0 aliphatic carbocycles. The highest BCUT2D eigenvalue weighted by molar-refractivity contribution is 6.30. The molecule has 1 N–H and O–H groups in total. The zero-order valence-electron chi connectivity index (χ0n) is 14.9. The van der Waals surface area contributed by atoms with Gasteiger partial charge in [-0.2, -0.15) is 0 Å². The van der Waals surface area contributed by atoms with Gasteiger partial charge in [0.05, 0.1) is 12.0 Å². The number of aryl methyl sites for hydroxylation is 1. The second-order valence-corrected chi connectivity index (χ2v) is 7.09. The Morgan fingerprint density at radius 3 is 2.77 bits per heavy atom. The van der Waals surface area contributed by atoms with E-state index in [2.05, 4.69) is 16.0 Å². The van der Waals surface area contributed by atoms with E-state index < -0.39 is 0 Å². The predicted octanol–water partition coefficient (Wildman–Crippen LogP) is 1.81. The molecule has 1 aromatic carbocycles. The lowest BCUT2D eigenvalue weighted by Crippen LogP contribution is -2.49. The minimum absolute atomic E-state index is 0.124. The Morgan fingerprint density at radius 1 is 1.23 bits per heavy atom. The van der Waals surface area contributed by atoms with Crippen LogP contribution in [0.1, 0.15) is 17.7 Å². The van der Waals surface area contributed by atoms with Gasteiger partial charge in [0.1, 0.15) is 6.54 Å². The number of imidazole rings is 1. The number of amides is 1. The summed E-state index contributed by atoms with van der Waals surface area (Å²) in [7, 11) is 0. The van der Waals surface area contributed by atoms with Crippen molar-refractivity contribution in [2.45, 2.75) is 25.9 Å². The molecule has 1 fully saturated rings. The number of benzene rings is 1. The van der Waals surface area contributed by atoms with Crippen molar-refractivity contribution in [2.24, 2.45) is 0 Å². The number of aromatic nitrogens is 2. The summed E-state index contributed by atoms with van der Waals surface area (Å²) in [6.45, 7) is 4.55. The van der Waals surface area contributed by atoms with Crippen LogP contribution in [0.25, 0.3) is 0 Å². The number of carbonyl (C=O) groups excluding carboxylic acids is 1. The van der Waals surface area contributed by atoms with E-state index in [-0.39, 0.29) is 12.5 Å². The lowest BCUT2D eigenvalue weighted by molar-refractivity contribution is -0.133. The molecule has 2 heterocycles. The maximum atomic E-state index is 12.5. The van der Waals surface area contributed by atoms with Gasteiger partial charge in [-0.15, -0.1) is 0 Å². The first-order chi connectivity index (χ1) is 12.6. The Balaban J connectivity index is 1.45. The molecule has 1 aromatic heterocycles. The van der Waals surface area contributed by atoms with Crippen molar-refractivity contribution in [1.82, 2.24) is 19.4 Å². The van der Waals surface area contributed by atoms with Gasteiger partial charge in [0.2, 0.25) is 5.91 Å². The molecule has 1 amide bonds. The molecule has 1 aliphatic rings. The van der Waals surface area contributed by atoms with E-state index in [1.54, 1.807) is 6.33 Å². The molecule has 3 rings (SSSR count). The molecule has 1 saturated heterocycles. The molecular weight excluding hydrogens is 352 g/mol. The van der Waals surface area contributed by atoms with Gasteiger partial charge in [-0.1, -0.05) is 23.7 Å². The van der Waals surface area contributed by atoms with Crippen molar-refractivity contribution in [3.05, 3.63) is 53.1 Å². The molecule has 140 valence electrons. The van der Waals surface area contributed by atoms with Crippen molar-refractivity contribution in [2.75, 3.05) is 32.8 Å². The van der Waals surface area contributed by atoms with E-state index in [1.165, 1.54) is 5.56 Å². The molecule has 2 aromatic rings. The first-order valence-electron chi connectivity index (χ1n) is 9.00. The zero-order valence-corrected chi connectivity index (χ0v) is 15.6. The van der Waals surface area contributed by atoms with Crippen LogP contribution in [0.4, 0.5) is 0 Å². The van der Waals surface area contributed by atoms with Crippen molar-refractivity contribution in [3.8, 4) is 0 Å². The van der Waals surface area contributed by atoms with Gasteiger partial charge in [-0.25, -0.2) is 4.98 Å². The van der Waals surface area contributed by atoms with E-state index in [1.807, 2.05) is 33.9 Å². The van der Waals surface area contributed by atoms with Crippen LogP contribution in [-0.2, 0) is 24.3 Å². The number of aliphatic hydroxyl groups is 1. The Labute approximate surface area is 159 Å². The van der Waals surface area contributed by atoms with Gasteiger partial charge in [-0.05, 0) is 30.5 Å². The van der Waals surface area contributed by atoms with Crippen LogP contribution in [0.3, 0.4) is 0 Å². The standard InChI is InChI=1S/C19H25ClN4O2/c20-17-4-1-3-16(11-17)12-22-6-8-24(9-7-22)19(26)14-23-13-18(21-15-23)5-2-10-25/h1,3-4,11,13,15,25H,2,5-10,12,14H2. The van der Waals surface area contributed by atoms with Crippen LogP contribution < -0.4 is 0 Å². The summed E-state index contributed by atoms with van der Waals surface area (Å²) in [4.78, 5) is 21.0. The van der Waals surface area contributed by atoms with Crippen molar-refractivity contribution < 1.29 is 9.90 Å². The molecule has 0 atom stereocenters. The summed E-state index contributed by atoms with van der Waals surface area (Å²) >= 11 is 6.04. The summed E-state index contributed by atoms with van der Waals surface area (Å²) in [6, 6.07) is 7.92. The maximum Gasteiger partial charge on any atom is 0.242 e. The Morgan fingerprint density at radius 2 is 2.04 bits per heavy atom.